The smallest absolute Gasteiger partial charge is 0.410 e. The van der Waals surface area contributed by atoms with Crippen molar-refractivity contribution in [2.75, 3.05) is 31.1 Å². The molecule has 3 rings (SSSR count). The van der Waals surface area contributed by atoms with E-state index < -0.39 is 0 Å². The van der Waals surface area contributed by atoms with Crippen molar-refractivity contribution < 1.29 is 9.53 Å². The van der Waals surface area contributed by atoms with Gasteiger partial charge < -0.3 is 9.64 Å². The Morgan fingerprint density at radius 3 is 2.88 bits per heavy atom. The third-order valence-corrected chi connectivity index (χ3v) is 3.42. The molecule has 7 heteroatoms. The number of ether oxygens (including phenoxy) is 1. The summed E-state index contributed by atoms with van der Waals surface area (Å²) in [4.78, 5) is 23.7. The monoisotopic (exact) mass is 298 g/mol. The number of amides is 1. The molecule has 2 saturated heterocycles. The van der Waals surface area contributed by atoms with E-state index in [-0.39, 0.29) is 12.1 Å². The van der Waals surface area contributed by atoms with Crippen molar-refractivity contribution in [2.45, 2.75) is 6.04 Å². The van der Waals surface area contributed by atoms with Gasteiger partial charge in [0.25, 0.3) is 0 Å². The predicted molar refractivity (Wildman–Crippen MR) is 63.8 cm³/mol. The van der Waals surface area contributed by atoms with Gasteiger partial charge in [0.15, 0.2) is 0 Å². The molecule has 17 heavy (non-hydrogen) atoms. The maximum absolute atomic E-state index is 11.3. The summed E-state index contributed by atoms with van der Waals surface area (Å²) in [5.74, 6) is 0.701. The topological polar surface area (TPSA) is 58.6 Å². The van der Waals surface area contributed by atoms with Crippen molar-refractivity contribution in [3.05, 3.63) is 16.9 Å². The average Bonchev–Trinajstić information content (AvgIpc) is 2.72. The number of rotatable bonds is 1. The molecule has 0 unspecified atom stereocenters. The van der Waals surface area contributed by atoms with Crippen LogP contribution in [-0.4, -0.2) is 53.2 Å². The van der Waals surface area contributed by atoms with Gasteiger partial charge in [-0.3, -0.25) is 4.90 Å². The minimum Gasteiger partial charge on any atom is -0.447 e. The molecule has 0 spiro atoms. The van der Waals surface area contributed by atoms with Crippen LogP contribution < -0.4 is 4.90 Å². The highest BCUT2D eigenvalue weighted by atomic mass is 79.9. The highest BCUT2D eigenvalue weighted by Gasteiger charge is 2.37. The minimum atomic E-state index is -0.202. The lowest BCUT2D eigenvalue weighted by Crippen LogP contribution is -2.52. The largest absolute Gasteiger partial charge is 0.447 e. The minimum absolute atomic E-state index is 0.128. The number of cyclic esters (lactones) is 1. The second-order valence-corrected chi connectivity index (χ2v) is 4.99. The zero-order chi connectivity index (χ0) is 11.8. The first-order chi connectivity index (χ1) is 8.24. The fourth-order valence-electron chi connectivity index (χ4n) is 2.14. The van der Waals surface area contributed by atoms with E-state index in [9.17, 15) is 4.79 Å². The van der Waals surface area contributed by atoms with Crippen molar-refractivity contribution in [2.24, 2.45) is 0 Å². The zero-order valence-corrected chi connectivity index (χ0v) is 10.6. The summed E-state index contributed by atoms with van der Waals surface area (Å²) in [6.45, 7) is 2.61. The normalized spacial score (nSPS) is 23.6. The van der Waals surface area contributed by atoms with Gasteiger partial charge in [0, 0.05) is 32.0 Å². The van der Waals surface area contributed by atoms with E-state index in [2.05, 4.69) is 30.8 Å². The molecule has 1 amide bonds. The van der Waals surface area contributed by atoms with Gasteiger partial charge in [-0.2, -0.15) is 0 Å². The highest BCUT2D eigenvalue weighted by molar-refractivity contribution is 9.10. The van der Waals surface area contributed by atoms with Crippen LogP contribution in [0.15, 0.2) is 16.9 Å². The van der Waals surface area contributed by atoms with E-state index in [1.807, 2.05) is 0 Å². The fraction of sp³-hybridized carbons (Fsp3) is 0.500. The summed E-state index contributed by atoms with van der Waals surface area (Å²) in [5, 5.41) is 0. The van der Waals surface area contributed by atoms with Crippen LogP contribution in [-0.2, 0) is 4.74 Å². The first kappa shape index (κ1) is 10.8. The van der Waals surface area contributed by atoms with Gasteiger partial charge in [-0.1, -0.05) is 0 Å². The molecular weight excluding hydrogens is 288 g/mol. The molecule has 1 aromatic rings. The SMILES string of the molecule is O=C1OC[C@@H]2CN(c3ncc(Br)cn3)CCN12. The lowest BCUT2D eigenvalue weighted by Gasteiger charge is -2.35. The summed E-state index contributed by atoms with van der Waals surface area (Å²) < 4.78 is 5.88. The van der Waals surface area contributed by atoms with Gasteiger partial charge in [-0.25, -0.2) is 14.8 Å². The van der Waals surface area contributed by atoms with Crippen LogP contribution in [0.2, 0.25) is 0 Å². The van der Waals surface area contributed by atoms with E-state index >= 15 is 0 Å². The molecule has 3 heterocycles. The van der Waals surface area contributed by atoms with Gasteiger partial charge >= 0.3 is 6.09 Å². The molecule has 2 aliphatic rings. The molecule has 0 aromatic carbocycles. The van der Waals surface area contributed by atoms with Gasteiger partial charge in [0.05, 0.1) is 10.5 Å². The number of aromatic nitrogens is 2. The summed E-state index contributed by atoms with van der Waals surface area (Å²) in [6, 6.07) is 0.128. The Labute approximate surface area is 107 Å². The van der Waals surface area contributed by atoms with Crippen LogP contribution in [0.25, 0.3) is 0 Å². The molecule has 2 fully saturated rings. The third-order valence-electron chi connectivity index (χ3n) is 3.01. The first-order valence-corrected chi connectivity index (χ1v) is 6.19. The molecule has 0 bridgehead atoms. The van der Waals surface area contributed by atoms with Crippen molar-refractivity contribution in [1.29, 1.82) is 0 Å². The van der Waals surface area contributed by atoms with E-state index in [4.69, 9.17) is 4.74 Å². The van der Waals surface area contributed by atoms with Crippen LogP contribution >= 0.6 is 15.9 Å². The maximum Gasteiger partial charge on any atom is 0.410 e. The molecule has 1 aromatic heterocycles. The number of piperazine rings is 1. The van der Waals surface area contributed by atoms with Crippen LogP contribution in [0.3, 0.4) is 0 Å². The summed E-state index contributed by atoms with van der Waals surface area (Å²) in [5.41, 5.74) is 0. The number of hydrogen-bond acceptors (Lipinski definition) is 5. The summed E-state index contributed by atoms with van der Waals surface area (Å²) in [6.07, 6.45) is 3.25. The Morgan fingerprint density at radius 1 is 1.35 bits per heavy atom. The second-order valence-electron chi connectivity index (χ2n) is 4.07. The van der Waals surface area contributed by atoms with Crippen LogP contribution in [0, 0.1) is 0 Å². The Kier molecular flexibility index (Phi) is 2.62. The van der Waals surface area contributed by atoms with Gasteiger partial charge in [-0.15, -0.1) is 0 Å². The molecule has 0 saturated carbocycles. The number of carbonyl (C=O) groups is 1. The van der Waals surface area contributed by atoms with Crippen LogP contribution in [0.5, 0.6) is 0 Å². The molecule has 1 atom stereocenters. The Balaban J connectivity index is 1.75. The molecule has 0 radical (unpaired) electrons. The van der Waals surface area contributed by atoms with Crippen LogP contribution in [0.1, 0.15) is 0 Å². The number of carbonyl (C=O) groups excluding carboxylic acids is 1. The number of hydrogen-bond donors (Lipinski definition) is 0. The quantitative estimate of drug-likeness (QED) is 0.770. The van der Waals surface area contributed by atoms with Crippen LogP contribution in [0.4, 0.5) is 10.7 Å². The second kappa shape index (κ2) is 4.14. The maximum atomic E-state index is 11.3. The van der Waals surface area contributed by atoms with Crippen molar-refractivity contribution in [3.8, 4) is 0 Å². The lowest BCUT2D eigenvalue weighted by atomic mass is 10.2. The van der Waals surface area contributed by atoms with E-state index in [0.29, 0.717) is 19.1 Å². The molecule has 0 N–H and O–H groups in total. The summed E-state index contributed by atoms with van der Waals surface area (Å²) >= 11 is 3.31. The lowest BCUT2D eigenvalue weighted by molar-refractivity contribution is 0.157. The third kappa shape index (κ3) is 1.95. The number of nitrogens with zero attached hydrogens (tertiary/aromatic N) is 4. The Morgan fingerprint density at radius 2 is 2.12 bits per heavy atom. The van der Waals surface area contributed by atoms with Crippen molar-refractivity contribution >= 4 is 28.0 Å². The molecule has 90 valence electrons. The Bertz CT molecular complexity index is 438. The van der Waals surface area contributed by atoms with E-state index in [0.717, 1.165) is 17.6 Å². The molecule has 0 aliphatic carbocycles. The van der Waals surface area contributed by atoms with E-state index in [1.54, 1.807) is 17.3 Å². The predicted octanol–water partition coefficient (Wildman–Crippen LogP) is 0.880. The first-order valence-electron chi connectivity index (χ1n) is 5.40. The van der Waals surface area contributed by atoms with Gasteiger partial charge in [0.2, 0.25) is 5.95 Å². The highest BCUT2D eigenvalue weighted by Crippen LogP contribution is 2.20. The number of anilines is 1. The van der Waals surface area contributed by atoms with Gasteiger partial charge in [0.1, 0.15) is 6.61 Å². The molecule has 6 nitrogen and oxygen atoms in total. The Hall–Kier alpha value is -1.37. The summed E-state index contributed by atoms with van der Waals surface area (Å²) in [7, 11) is 0. The molecule has 2 aliphatic heterocycles. The van der Waals surface area contributed by atoms with E-state index in [1.165, 1.54) is 0 Å². The average molecular weight is 299 g/mol. The number of fused-ring (bicyclic) bond motifs is 1. The standard InChI is InChI=1S/C10H11BrN4O2/c11-7-3-12-9(13-4-7)14-1-2-15-8(5-14)6-17-10(15)16/h3-4,8H,1-2,5-6H2/t8-/m0/s1. The van der Waals surface area contributed by atoms with Crippen molar-refractivity contribution in [3.63, 3.8) is 0 Å². The molecular formula is C10H11BrN4O2. The fourth-order valence-corrected chi connectivity index (χ4v) is 2.34. The van der Waals surface area contributed by atoms with Crippen molar-refractivity contribution in [1.82, 2.24) is 14.9 Å². The van der Waals surface area contributed by atoms with Gasteiger partial charge in [-0.05, 0) is 15.9 Å². The number of halogens is 1. The zero-order valence-electron chi connectivity index (χ0n) is 9.04.